The molecule has 1 amide bonds. The number of hydrogen-bond donors (Lipinski definition) is 2. The van der Waals surface area contributed by atoms with Crippen LogP contribution in [0.25, 0.3) is 0 Å². The largest absolute Gasteiger partial charge is 0.388 e. The Morgan fingerprint density at radius 3 is 2.40 bits per heavy atom. The van der Waals surface area contributed by atoms with Crippen molar-refractivity contribution >= 4 is 11.6 Å². The fourth-order valence-corrected chi connectivity index (χ4v) is 4.77. The van der Waals surface area contributed by atoms with Crippen molar-refractivity contribution in [2.45, 2.75) is 81.9 Å². The molecule has 1 saturated heterocycles. The van der Waals surface area contributed by atoms with Crippen molar-refractivity contribution in [1.29, 1.82) is 0 Å². The Morgan fingerprint density at radius 1 is 1.08 bits per heavy atom. The molecule has 0 bridgehead atoms. The Labute approximate surface area is 150 Å². The molecule has 1 aromatic rings. The van der Waals surface area contributed by atoms with E-state index in [9.17, 15) is 9.90 Å². The molecule has 0 radical (unpaired) electrons. The number of anilines is 1. The molecule has 3 aliphatic rings. The lowest BCUT2D eigenvalue weighted by Gasteiger charge is -2.42. The van der Waals surface area contributed by atoms with Crippen molar-refractivity contribution in [1.82, 2.24) is 4.90 Å². The maximum atomic E-state index is 13.6. The van der Waals surface area contributed by atoms with E-state index in [2.05, 4.69) is 36.5 Å². The van der Waals surface area contributed by atoms with Crippen LogP contribution in [0.4, 0.5) is 5.69 Å². The van der Waals surface area contributed by atoms with Gasteiger partial charge in [0.15, 0.2) is 0 Å². The molecule has 2 aliphatic carbocycles. The highest BCUT2D eigenvalue weighted by Crippen LogP contribution is 2.46. The van der Waals surface area contributed by atoms with Crippen LogP contribution in [-0.2, 0) is 4.79 Å². The van der Waals surface area contributed by atoms with Gasteiger partial charge in [0.25, 0.3) is 0 Å². The third-order valence-electron chi connectivity index (χ3n) is 6.45. The first kappa shape index (κ1) is 16.9. The number of aliphatic hydroxyl groups is 1. The summed E-state index contributed by atoms with van der Waals surface area (Å²) in [4.78, 5) is 15.6. The smallest absolute Gasteiger partial charge is 0.248 e. The first-order valence-electron chi connectivity index (χ1n) is 9.91. The van der Waals surface area contributed by atoms with Gasteiger partial charge in [-0.2, -0.15) is 0 Å². The quantitative estimate of drug-likeness (QED) is 0.878. The van der Waals surface area contributed by atoms with E-state index < -0.39 is 11.1 Å². The molecule has 1 atom stereocenters. The number of carbonyl (C=O) groups is 1. The summed E-state index contributed by atoms with van der Waals surface area (Å²) in [5.41, 5.74) is 1.15. The van der Waals surface area contributed by atoms with Gasteiger partial charge in [-0.05, 0) is 57.6 Å². The molecule has 136 valence electrons. The maximum Gasteiger partial charge on any atom is 0.248 e. The summed E-state index contributed by atoms with van der Waals surface area (Å²) in [6.07, 6.45) is 8.82. The fraction of sp³-hybridized carbons (Fsp3) is 0.667. The molecule has 3 fully saturated rings. The van der Waals surface area contributed by atoms with Crippen LogP contribution in [0.1, 0.15) is 63.4 Å². The molecule has 1 unspecified atom stereocenters. The second-order valence-electron chi connectivity index (χ2n) is 8.39. The summed E-state index contributed by atoms with van der Waals surface area (Å²) in [6.45, 7) is 2.87. The predicted octanol–water partition coefficient (Wildman–Crippen LogP) is 3.63. The van der Waals surface area contributed by atoms with Gasteiger partial charge in [-0.25, -0.2) is 0 Å². The van der Waals surface area contributed by atoms with Crippen LogP contribution in [0.2, 0.25) is 0 Å². The van der Waals surface area contributed by atoms with E-state index in [1.54, 1.807) is 0 Å². The zero-order valence-corrected chi connectivity index (χ0v) is 15.3. The Hall–Kier alpha value is -1.55. The summed E-state index contributed by atoms with van der Waals surface area (Å²) >= 11 is 0. The predicted molar refractivity (Wildman–Crippen MR) is 99.5 cm³/mol. The van der Waals surface area contributed by atoms with Gasteiger partial charge >= 0.3 is 0 Å². The third-order valence-corrected chi connectivity index (χ3v) is 6.45. The van der Waals surface area contributed by atoms with Gasteiger partial charge < -0.3 is 15.3 Å². The van der Waals surface area contributed by atoms with Gasteiger partial charge in [0, 0.05) is 12.2 Å². The third kappa shape index (κ3) is 3.17. The van der Waals surface area contributed by atoms with Gasteiger partial charge in [0.2, 0.25) is 5.91 Å². The van der Waals surface area contributed by atoms with Crippen LogP contribution in [0.3, 0.4) is 0 Å². The molecular weight excluding hydrogens is 312 g/mol. The highest BCUT2D eigenvalue weighted by Gasteiger charge is 2.55. The van der Waals surface area contributed by atoms with Crippen molar-refractivity contribution in [3.8, 4) is 0 Å². The Bertz CT molecular complexity index is 630. The standard InChI is InChI=1S/C21H30N2O2/c1-16-7-9-17(10-8-16)22-20(11-3-2-4-12-20)19(24)23-15-5-6-18(23)21(25)13-14-21/h7-10,18,22,25H,2-6,11-15H2,1H3. The Morgan fingerprint density at radius 2 is 1.76 bits per heavy atom. The number of aryl methyl sites for hydroxylation is 1. The van der Waals surface area contributed by atoms with Gasteiger partial charge in [0.1, 0.15) is 5.54 Å². The highest BCUT2D eigenvalue weighted by atomic mass is 16.3. The van der Waals surface area contributed by atoms with Crippen molar-refractivity contribution in [2.24, 2.45) is 0 Å². The average Bonchev–Trinajstić information content (AvgIpc) is 3.18. The van der Waals surface area contributed by atoms with Crippen molar-refractivity contribution in [3.05, 3.63) is 29.8 Å². The SMILES string of the molecule is Cc1ccc(NC2(C(=O)N3CCCC3C3(O)CC3)CCCCC2)cc1. The highest BCUT2D eigenvalue weighted by molar-refractivity contribution is 5.90. The normalized spacial score (nSPS) is 27.1. The number of nitrogens with zero attached hydrogens (tertiary/aromatic N) is 1. The molecule has 1 aromatic carbocycles. The molecule has 4 nitrogen and oxygen atoms in total. The lowest BCUT2D eigenvalue weighted by molar-refractivity contribution is -0.140. The minimum atomic E-state index is -0.605. The number of likely N-dealkylation sites (tertiary alicyclic amines) is 1. The summed E-state index contributed by atoms with van der Waals surface area (Å²) in [6, 6.07) is 8.37. The molecule has 4 heteroatoms. The molecule has 1 heterocycles. The van der Waals surface area contributed by atoms with E-state index >= 15 is 0 Å². The van der Waals surface area contributed by atoms with E-state index in [0.29, 0.717) is 0 Å². The number of benzene rings is 1. The molecule has 4 rings (SSSR count). The summed E-state index contributed by atoms with van der Waals surface area (Å²) in [7, 11) is 0. The topological polar surface area (TPSA) is 52.6 Å². The molecule has 2 saturated carbocycles. The molecule has 1 aliphatic heterocycles. The van der Waals surface area contributed by atoms with Crippen LogP contribution in [0.15, 0.2) is 24.3 Å². The van der Waals surface area contributed by atoms with Crippen LogP contribution in [0.5, 0.6) is 0 Å². The minimum Gasteiger partial charge on any atom is -0.388 e. The van der Waals surface area contributed by atoms with E-state index in [1.165, 1.54) is 12.0 Å². The van der Waals surface area contributed by atoms with E-state index in [4.69, 9.17) is 0 Å². The summed E-state index contributed by atoms with van der Waals surface area (Å²) < 4.78 is 0. The van der Waals surface area contributed by atoms with Gasteiger partial charge in [-0.3, -0.25) is 4.79 Å². The summed E-state index contributed by atoms with van der Waals surface area (Å²) in [5, 5.41) is 14.3. The fourth-order valence-electron chi connectivity index (χ4n) is 4.77. The molecular formula is C21H30N2O2. The van der Waals surface area contributed by atoms with Crippen LogP contribution in [-0.4, -0.2) is 39.6 Å². The van der Waals surface area contributed by atoms with Gasteiger partial charge in [-0.1, -0.05) is 37.0 Å². The number of hydrogen-bond acceptors (Lipinski definition) is 3. The zero-order valence-electron chi connectivity index (χ0n) is 15.3. The Balaban J connectivity index is 1.59. The maximum absolute atomic E-state index is 13.6. The average molecular weight is 342 g/mol. The monoisotopic (exact) mass is 342 g/mol. The number of amides is 1. The Kier molecular flexibility index (Phi) is 4.27. The number of rotatable bonds is 4. The zero-order chi connectivity index (χ0) is 17.5. The van der Waals surface area contributed by atoms with E-state index in [0.717, 1.165) is 63.6 Å². The lowest BCUT2D eigenvalue weighted by Crippen LogP contribution is -2.58. The van der Waals surface area contributed by atoms with Crippen LogP contribution >= 0.6 is 0 Å². The minimum absolute atomic E-state index is 0.0265. The number of nitrogens with one attached hydrogen (secondary N) is 1. The molecule has 25 heavy (non-hydrogen) atoms. The number of carbonyl (C=O) groups excluding carboxylic acids is 1. The van der Waals surface area contributed by atoms with Crippen molar-refractivity contribution < 1.29 is 9.90 Å². The van der Waals surface area contributed by atoms with Gasteiger partial charge in [0.05, 0.1) is 11.6 Å². The second-order valence-corrected chi connectivity index (χ2v) is 8.39. The molecule has 0 aromatic heterocycles. The first-order valence-corrected chi connectivity index (χ1v) is 9.91. The van der Waals surface area contributed by atoms with Crippen LogP contribution < -0.4 is 5.32 Å². The second kappa shape index (κ2) is 6.31. The van der Waals surface area contributed by atoms with Crippen LogP contribution in [0, 0.1) is 6.92 Å². The first-order chi connectivity index (χ1) is 12.0. The lowest BCUT2D eigenvalue weighted by atomic mass is 9.80. The molecule has 2 N–H and O–H groups in total. The summed E-state index contributed by atoms with van der Waals surface area (Å²) in [5.74, 6) is 0.218. The molecule has 0 spiro atoms. The van der Waals surface area contributed by atoms with Gasteiger partial charge in [-0.15, -0.1) is 0 Å². The van der Waals surface area contributed by atoms with E-state index in [1.807, 2.05) is 4.90 Å². The van der Waals surface area contributed by atoms with Crippen molar-refractivity contribution in [2.75, 3.05) is 11.9 Å². The van der Waals surface area contributed by atoms with E-state index in [-0.39, 0.29) is 11.9 Å². The van der Waals surface area contributed by atoms with Crippen molar-refractivity contribution in [3.63, 3.8) is 0 Å².